The average molecular weight is 561 g/mol. The van der Waals surface area contributed by atoms with Crippen LogP contribution in [0.4, 0.5) is 5.69 Å². The fraction of sp³-hybridized carbons (Fsp3) is 0.448. The maximum atomic E-state index is 13.5. The zero-order valence-corrected chi connectivity index (χ0v) is 23.5. The number of benzene rings is 2. The molecule has 6 rings (SSSR count). The van der Waals surface area contributed by atoms with Crippen molar-refractivity contribution in [2.24, 2.45) is 0 Å². The normalized spacial score (nSPS) is 16.5. The minimum absolute atomic E-state index is 0.0225. The van der Waals surface area contributed by atoms with Gasteiger partial charge in [0.2, 0.25) is 5.82 Å². The highest BCUT2D eigenvalue weighted by molar-refractivity contribution is 5.93. The fourth-order valence-corrected chi connectivity index (χ4v) is 5.41. The lowest BCUT2D eigenvalue weighted by Crippen LogP contribution is -2.41. The first-order valence-corrected chi connectivity index (χ1v) is 14.2. The minimum Gasteiger partial charge on any atom is -0.507 e. The molecule has 0 radical (unpaired) electrons. The van der Waals surface area contributed by atoms with Gasteiger partial charge in [-0.05, 0) is 36.2 Å². The number of carbonyl (C=O) groups is 1. The summed E-state index contributed by atoms with van der Waals surface area (Å²) in [5.74, 6) is 0.393. The summed E-state index contributed by atoms with van der Waals surface area (Å²) in [5.41, 5.74) is 3.89. The molecular formula is C29H36N8O4. The SMILES string of the molecule is CC(C)c1n[nH]c2cc(O)c(-c3nnc(C(=O)NCCN4CCOCC4)n3-c3ccc(N4CCOCC4)cc3)cc12. The Kier molecular flexibility index (Phi) is 7.86. The Morgan fingerprint density at radius 2 is 1.68 bits per heavy atom. The monoisotopic (exact) mass is 560 g/mol. The van der Waals surface area contributed by atoms with Gasteiger partial charge in [0.15, 0.2) is 5.82 Å². The molecule has 0 spiro atoms. The molecular weight excluding hydrogens is 524 g/mol. The third-order valence-electron chi connectivity index (χ3n) is 7.66. The Labute approximate surface area is 238 Å². The van der Waals surface area contributed by atoms with Gasteiger partial charge >= 0.3 is 0 Å². The smallest absolute Gasteiger partial charge is 0.289 e. The lowest BCUT2D eigenvalue weighted by Gasteiger charge is -2.29. The lowest BCUT2D eigenvalue weighted by molar-refractivity contribution is 0.0383. The van der Waals surface area contributed by atoms with E-state index in [0.29, 0.717) is 44.4 Å². The van der Waals surface area contributed by atoms with E-state index in [0.717, 1.165) is 60.7 Å². The molecule has 2 fully saturated rings. The number of aromatic nitrogens is 5. The van der Waals surface area contributed by atoms with Crippen LogP contribution in [0.2, 0.25) is 0 Å². The molecule has 2 saturated heterocycles. The molecule has 0 aliphatic carbocycles. The molecule has 1 amide bonds. The van der Waals surface area contributed by atoms with Crippen molar-refractivity contribution in [3.63, 3.8) is 0 Å². The van der Waals surface area contributed by atoms with Crippen molar-refractivity contribution in [1.82, 2.24) is 35.2 Å². The number of ether oxygens (including phenoxy) is 2. The van der Waals surface area contributed by atoms with Gasteiger partial charge in [0, 0.05) is 62.1 Å². The van der Waals surface area contributed by atoms with Gasteiger partial charge in [-0.1, -0.05) is 13.8 Å². The fourth-order valence-electron chi connectivity index (χ4n) is 5.41. The quantitative estimate of drug-likeness (QED) is 0.297. The number of morpholine rings is 2. The summed E-state index contributed by atoms with van der Waals surface area (Å²) < 4.78 is 12.6. The highest BCUT2D eigenvalue weighted by Gasteiger charge is 2.25. The van der Waals surface area contributed by atoms with Crippen molar-refractivity contribution in [3.8, 4) is 22.8 Å². The van der Waals surface area contributed by atoms with Crippen LogP contribution in [0.25, 0.3) is 28.0 Å². The molecule has 0 atom stereocenters. The number of fused-ring (bicyclic) bond motifs is 1. The van der Waals surface area contributed by atoms with Crippen molar-refractivity contribution in [2.45, 2.75) is 19.8 Å². The van der Waals surface area contributed by atoms with Gasteiger partial charge in [-0.2, -0.15) is 5.10 Å². The molecule has 2 aromatic carbocycles. The van der Waals surface area contributed by atoms with Crippen LogP contribution in [-0.4, -0.2) is 107 Å². The molecule has 4 aromatic rings. The number of hydrogen-bond donors (Lipinski definition) is 3. The topological polar surface area (TPSA) is 134 Å². The molecule has 4 heterocycles. The molecule has 2 aliphatic rings. The Hall–Kier alpha value is -4.00. The van der Waals surface area contributed by atoms with E-state index >= 15 is 0 Å². The highest BCUT2D eigenvalue weighted by atomic mass is 16.5. The number of nitrogens with one attached hydrogen (secondary N) is 2. The lowest BCUT2D eigenvalue weighted by atomic mass is 10.0. The van der Waals surface area contributed by atoms with E-state index < -0.39 is 0 Å². The van der Waals surface area contributed by atoms with Gasteiger partial charge in [-0.15, -0.1) is 10.2 Å². The van der Waals surface area contributed by atoms with Gasteiger partial charge in [-0.25, -0.2) is 0 Å². The van der Waals surface area contributed by atoms with E-state index in [1.165, 1.54) is 0 Å². The Morgan fingerprint density at radius 3 is 2.39 bits per heavy atom. The maximum Gasteiger partial charge on any atom is 0.289 e. The summed E-state index contributed by atoms with van der Waals surface area (Å²) in [6.45, 7) is 11.5. The predicted octanol–water partition coefficient (Wildman–Crippen LogP) is 2.54. The van der Waals surface area contributed by atoms with E-state index in [2.05, 4.69) is 49.4 Å². The van der Waals surface area contributed by atoms with Crippen LogP contribution in [-0.2, 0) is 9.47 Å². The molecule has 12 heteroatoms. The molecule has 2 aliphatic heterocycles. The van der Waals surface area contributed by atoms with Crippen LogP contribution in [0.1, 0.15) is 36.1 Å². The Balaban J connectivity index is 1.36. The van der Waals surface area contributed by atoms with E-state index in [4.69, 9.17) is 9.47 Å². The van der Waals surface area contributed by atoms with Crippen LogP contribution in [0.15, 0.2) is 36.4 Å². The number of nitrogens with zero attached hydrogens (tertiary/aromatic N) is 6. The van der Waals surface area contributed by atoms with Gasteiger partial charge < -0.3 is 24.8 Å². The van der Waals surface area contributed by atoms with E-state index in [1.54, 1.807) is 10.6 Å². The number of rotatable bonds is 8. The Bertz CT molecular complexity index is 1500. The summed E-state index contributed by atoms with van der Waals surface area (Å²) in [6, 6.07) is 11.5. The van der Waals surface area contributed by atoms with E-state index in [1.807, 2.05) is 30.3 Å². The summed E-state index contributed by atoms with van der Waals surface area (Å²) in [7, 11) is 0. The van der Waals surface area contributed by atoms with Crippen molar-refractivity contribution in [3.05, 3.63) is 47.9 Å². The predicted molar refractivity (Wildman–Crippen MR) is 155 cm³/mol. The number of aromatic amines is 1. The van der Waals surface area contributed by atoms with Crippen molar-refractivity contribution in [2.75, 3.05) is 70.6 Å². The second-order valence-electron chi connectivity index (χ2n) is 10.7. The second-order valence-corrected chi connectivity index (χ2v) is 10.7. The van der Waals surface area contributed by atoms with Crippen LogP contribution in [0, 0.1) is 0 Å². The summed E-state index contributed by atoms with van der Waals surface area (Å²) in [4.78, 5) is 18.0. The summed E-state index contributed by atoms with van der Waals surface area (Å²) in [6.07, 6.45) is 0. The first-order chi connectivity index (χ1) is 20.0. The molecule has 0 bridgehead atoms. The molecule has 41 heavy (non-hydrogen) atoms. The van der Waals surface area contributed by atoms with E-state index in [-0.39, 0.29) is 23.4 Å². The molecule has 2 aromatic heterocycles. The largest absolute Gasteiger partial charge is 0.507 e. The zero-order chi connectivity index (χ0) is 28.3. The number of H-pyrrole nitrogens is 1. The molecule has 3 N–H and O–H groups in total. The first-order valence-electron chi connectivity index (χ1n) is 14.2. The summed E-state index contributed by atoms with van der Waals surface area (Å²) >= 11 is 0. The zero-order valence-electron chi connectivity index (χ0n) is 23.5. The second kappa shape index (κ2) is 11.9. The summed E-state index contributed by atoms with van der Waals surface area (Å²) in [5, 5.41) is 31.2. The number of anilines is 1. The Morgan fingerprint density at radius 1 is 1.00 bits per heavy atom. The van der Waals surface area contributed by atoms with E-state index in [9.17, 15) is 9.90 Å². The van der Waals surface area contributed by atoms with Gasteiger partial charge in [-0.3, -0.25) is 19.4 Å². The number of aromatic hydroxyl groups is 1. The van der Waals surface area contributed by atoms with Crippen LogP contribution in [0.3, 0.4) is 0 Å². The molecule has 216 valence electrons. The number of hydrogen-bond acceptors (Lipinski definition) is 9. The third-order valence-corrected chi connectivity index (χ3v) is 7.66. The standard InChI is InChI=1S/C29H36N8O4/c1-19(2)26-22-17-23(25(38)18-24(22)31-32-26)27-33-34-28(29(39)30-7-8-35-9-13-40-14-10-35)37(27)21-5-3-20(4-6-21)36-11-15-41-16-12-36/h3-6,17-19,38H,7-16H2,1-2H3,(H,30,39)(H,31,32). The molecule has 0 saturated carbocycles. The van der Waals surface area contributed by atoms with Gasteiger partial charge in [0.25, 0.3) is 5.91 Å². The van der Waals surface area contributed by atoms with Crippen LogP contribution >= 0.6 is 0 Å². The van der Waals surface area contributed by atoms with Crippen molar-refractivity contribution < 1.29 is 19.4 Å². The number of phenolic OH excluding ortho intramolecular Hbond substituents is 1. The van der Waals surface area contributed by atoms with Gasteiger partial charge in [0.1, 0.15) is 5.75 Å². The third kappa shape index (κ3) is 5.63. The number of amides is 1. The maximum absolute atomic E-state index is 13.5. The number of carbonyl (C=O) groups excluding carboxylic acids is 1. The number of phenols is 1. The van der Waals surface area contributed by atoms with Gasteiger partial charge in [0.05, 0.1) is 43.2 Å². The minimum atomic E-state index is -0.332. The average Bonchev–Trinajstić information content (AvgIpc) is 3.62. The van der Waals surface area contributed by atoms with Crippen LogP contribution in [0.5, 0.6) is 5.75 Å². The first kappa shape index (κ1) is 27.2. The molecule has 12 nitrogen and oxygen atoms in total. The van der Waals surface area contributed by atoms with Crippen molar-refractivity contribution >= 4 is 22.5 Å². The van der Waals surface area contributed by atoms with Crippen molar-refractivity contribution in [1.29, 1.82) is 0 Å². The highest BCUT2D eigenvalue weighted by Crippen LogP contribution is 2.36. The van der Waals surface area contributed by atoms with Crippen LogP contribution < -0.4 is 10.2 Å². The molecule has 0 unspecified atom stereocenters.